The molecule has 0 aliphatic heterocycles. The first-order valence-electron chi connectivity index (χ1n) is 6.31. The summed E-state index contributed by atoms with van der Waals surface area (Å²) in [5, 5.41) is 0. The Hall–Kier alpha value is -0.417. The molecule has 0 aromatic rings. The number of allylic oxidation sites excluding steroid dienone is 8. The Morgan fingerprint density at radius 1 is 0.706 bits per heavy atom. The van der Waals surface area contributed by atoms with Gasteiger partial charge in [0.15, 0.2) is 0 Å². The Balaban J connectivity index is 0.000000120. The molecule has 0 amide bonds. The van der Waals surface area contributed by atoms with Crippen molar-refractivity contribution < 1.29 is 26.2 Å². The van der Waals surface area contributed by atoms with Crippen LogP contribution >= 0.6 is 0 Å². The summed E-state index contributed by atoms with van der Waals surface area (Å²) < 4.78 is 0. The third-order valence-electron chi connectivity index (χ3n) is 3.70. The van der Waals surface area contributed by atoms with E-state index in [1.54, 1.807) is 0 Å². The first kappa shape index (κ1) is 13.0. The third kappa shape index (κ3) is 3.29. The zero-order valence-electron chi connectivity index (χ0n) is 10.1. The van der Waals surface area contributed by atoms with E-state index in [1.165, 1.54) is 37.5 Å². The molecule has 0 heterocycles. The van der Waals surface area contributed by atoms with Gasteiger partial charge in [-0.3, -0.25) is 0 Å². The summed E-state index contributed by atoms with van der Waals surface area (Å²) >= 11 is 0. The van der Waals surface area contributed by atoms with Crippen LogP contribution in [0.1, 0.15) is 25.7 Å². The largest absolute Gasteiger partial charge is 2.00 e. The van der Waals surface area contributed by atoms with E-state index in [0.717, 1.165) is 11.8 Å². The molecule has 0 fully saturated rings. The molecule has 0 saturated carbocycles. The van der Waals surface area contributed by atoms with Crippen LogP contribution in [0.2, 0.25) is 0 Å². The summed E-state index contributed by atoms with van der Waals surface area (Å²) in [7, 11) is 0. The molecule has 0 aromatic heterocycles. The molecule has 4 rings (SSSR count). The molecule has 4 bridgehead atoms. The van der Waals surface area contributed by atoms with Gasteiger partial charge in [-0.15, -0.1) is 0 Å². The van der Waals surface area contributed by atoms with E-state index in [4.69, 9.17) is 0 Å². The monoisotopic (exact) mass is 300 g/mol. The molecule has 1 heteroatoms. The summed E-state index contributed by atoms with van der Waals surface area (Å²) in [5.74, 6) is 4.74. The normalized spacial score (nSPS) is 30.1. The fourth-order valence-corrected chi connectivity index (χ4v) is 2.76. The predicted molar refractivity (Wildman–Crippen MR) is 68.5 cm³/mol. The van der Waals surface area contributed by atoms with Crippen LogP contribution in [0.3, 0.4) is 0 Å². The molecule has 2 unspecified atom stereocenters. The van der Waals surface area contributed by atoms with Crippen LogP contribution in [0.5, 0.6) is 0 Å². The summed E-state index contributed by atoms with van der Waals surface area (Å²) in [6.45, 7) is 0. The molecule has 86 valence electrons. The van der Waals surface area contributed by atoms with Crippen LogP contribution in [-0.4, -0.2) is 0 Å². The molecular weight excluding hydrogens is 283 g/mol. The second-order valence-electron chi connectivity index (χ2n) is 5.07. The molecule has 4 aliphatic rings. The van der Waals surface area contributed by atoms with Crippen LogP contribution < -0.4 is 0 Å². The van der Waals surface area contributed by atoms with Gasteiger partial charge in [-0.05, 0) is 0 Å². The molecule has 2 atom stereocenters. The minimum absolute atomic E-state index is 0. The summed E-state index contributed by atoms with van der Waals surface area (Å²) in [4.78, 5) is 0. The second-order valence-corrected chi connectivity index (χ2v) is 5.07. The van der Waals surface area contributed by atoms with Gasteiger partial charge in [0.05, 0.1) is 0 Å². The van der Waals surface area contributed by atoms with Crippen molar-refractivity contribution in [2.24, 2.45) is 11.8 Å². The molecule has 0 nitrogen and oxygen atoms in total. The summed E-state index contributed by atoms with van der Waals surface area (Å²) in [6, 6.07) is 0. The standard InChI is InChI=1S/2C8H9.Zr/c2*1-2-7-4-5-8(3-1)6-7;/h2*1-2,4-5,8H,3,6H2;/q2*-1;+2. The van der Waals surface area contributed by atoms with Crippen molar-refractivity contribution in [2.75, 3.05) is 0 Å². The van der Waals surface area contributed by atoms with Crippen molar-refractivity contribution in [1.82, 2.24) is 0 Å². The van der Waals surface area contributed by atoms with E-state index in [2.05, 4.69) is 48.6 Å². The minimum Gasteiger partial charge on any atom is -0.179 e. The van der Waals surface area contributed by atoms with Crippen LogP contribution in [0, 0.1) is 23.7 Å². The molecule has 0 spiro atoms. The van der Waals surface area contributed by atoms with Gasteiger partial charge in [-0.25, -0.2) is 0 Å². The maximum Gasteiger partial charge on any atom is 2.00 e. The van der Waals surface area contributed by atoms with Crippen LogP contribution in [0.4, 0.5) is 0 Å². The fourth-order valence-electron chi connectivity index (χ4n) is 2.76. The predicted octanol–water partition coefficient (Wildman–Crippen LogP) is 4.19. The van der Waals surface area contributed by atoms with Gasteiger partial charge in [0.25, 0.3) is 0 Å². The molecule has 0 N–H and O–H groups in total. The average molecular weight is 302 g/mol. The van der Waals surface area contributed by atoms with Crippen LogP contribution in [0.25, 0.3) is 0 Å². The van der Waals surface area contributed by atoms with E-state index < -0.39 is 0 Å². The van der Waals surface area contributed by atoms with Crippen molar-refractivity contribution in [2.45, 2.75) is 25.7 Å². The molecule has 0 aromatic carbocycles. The first-order chi connectivity index (χ1) is 7.90. The third-order valence-corrected chi connectivity index (χ3v) is 3.70. The van der Waals surface area contributed by atoms with Crippen molar-refractivity contribution in [1.29, 1.82) is 0 Å². The van der Waals surface area contributed by atoms with Crippen molar-refractivity contribution in [3.63, 3.8) is 0 Å². The zero-order chi connectivity index (χ0) is 10.8. The Labute approximate surface area is 124 Å². The smallest absolute Gasteiger partial charge is 0.179 e. The van der Waals surface area contributed by atoms with Gasteiger partial charge in [0, 0.05) is 0 Å². The van der Waals surface area contributed by atoms with E-state index in [9.17, 15) is 0 Å². The summed E-state index contributed by atoms with van der Waals surface area (Å²) in [5.41, 5.74) is 0. The Morgan fingerprint density at radius 2 is 1.18 bits per heavy atom. The summed E-state index contributed by atoms with van der Waals surface area (Å²) in [6.07, 6.45) is 23.3. The van der Waals surface area contributed by atoms with E-state index in [1.807, 2.05) is 0 Å². The molecule has 0 radical (unpaired) electrons. The van der Waals surface area contributed by atoms with Gasteiger partial charge < -0.3 is 0 Å². The van der Waals surface area contributed by atoms with Crippen LogP contribution in [-0.2, 0) is 26.2 Å². The van der Waals surface area contributed by atoms with Gasteiger partial charge >= 0.3 is 26.2 Å². The topological polar surface area (TPSA) is 0 Å². The van der Waals surface area contributed by atoms with Gasteiger partial charge in [-0.1, -0.05) is 37.5 Å². The SMILES string of the molecule is C1=C[C-]2C=CC(C1)C2.C1=C[C-]2C=CC(C1)C2.[Zr+2]. The minimum atomic E-state index is 0. The number of hydrogen-bond donors (Lipinski definition) is 0. The Morgan fingerprint density at radius 3 is 1.53 bits per heavy atom. The van der Waals surface area contributed by atoms with Crippen molar-refractivity contribution in [3.8, 4) is 0 Å². The van der Waals surface area contributed by atoms with Crippen molar-refractivity contribution in [3.05, 3.63) is 60.4 Å². The maximum absolute atomic E-state index is 2.31. The maximum atomic E-state index is 2.31. The van der Waals surface area contributed by atoms with Crippen molar-refractivity contribution >= 4 is 0 Å². The zero-order valence-corrected chi connectivity index (χ0v) is 12.6. The van der Waals surface area contributed by atoms with Gasteiger partial charge in [0.1, 0.15) is 0 Å². The van der Waals surface area contributed by atoms with Gasteiger partial charge in [-0.2, -0.15) is 60.4 Å². The quantitative estimate of drug-likeness (QED) is 0.589. The number of rotatable bonds is 0. The average Bonchev–Trinajstić information content (AvgIpc) is 2.83. The molecule has 17 heavy (non-hydrogen) atoms. The Bertz CT molecular complexity index is 322. The number of fused-ring (bicyclic) bond motifs is 4. The molecular formula is C16H18Zr. The molecule has 4 aliphatic carbocycles. The van der Waals surface area contributed by atoms with Gasteiger partial charge in [0.2, 0.25) is 0 Å². The number of hydrogen-bond acceptors (Lipinski definition) is 0. The Kier molecular flexibility index (Phi) is 4.57. The van der Waals surface area contributed by atoms with E-state index in [0.29, 0.717) is 0 Å². The molecule has 0 saturated heterocycles. The van der Waals surface area contributed by atoms with Crippen LogP contribution in [0.15, 0.2) is 48.6 Å². The van der Waals surface area contributed by atoms with E-state index >= 15 is 0 Å². The van der Waals surface area contributed by atoms with E-state index in [-0.39, 0.29) is 26.2 Å². The fraction of sp³-hybridized carbons (Fsp3) is 0.375. The second kappa shape index (κ2) is 5.96. The first-order valence-corrected chi connectivity index (χ1v) is 6.31.